The van der Waals surface area contributed by atoms with Crippen LogP contribution in [0.4, 0.5) is 0 Å². The van der Waals surface area contributed by atoms with Crippen LogP contribution in [0.3, 0.4) is 0 Å². The van der Waals surface area contributed by atoms with E-state index in [4.69, 9.17) is 33.2 Å². The second-order valence-corrected chi connectivity index (χ2v) is 12.3. The summed E-state index contributed by atoms with van der Waals surface area (Å²) in [6, 6.07) is 16.3. The molecule has 2 aromatic carbocycles. The number of carbonyl (C=O) groups is 1. The van der Waals surface area contributed by atoms with Crippen LogP contribution in [0.15, 0.2) is 60.7 Å². The molecule has 0 aliphatic carbocycles. The maximum Gasteiger partial charge on any atom is 0.331 e. The predicted octanol–water partition coefficient (Wildman–Crippen LogP) is -3.03. The molecule has 18 nitrogen and oxygen atoms in total. The number of nitrogens with zero attached hydrogens (tertiary/aromatic N) is 1. The zero-order valence-corrected chi connectivity index (χ0v) is 27.4. The summed E-state index contributed by atoms with van der Waals surface area (Å²) < 4.78 is 38.2. The topological polar surface area (TPSA) is 288 Å². The van der Waals surface area contributed by atoms with E-state index < -0.39 is 118 Å². The number of nitriles is 1. The molecule has 0 spiro atoms. The van der Waals surface area contributed by atoms with Crippen LogP contribution in [0.1, 0.15) is 17.2 Å². The molecule has 3 aliphatic heterocycles. The fourth-order valence-corrected chi connectivity index (χ4v) is 5.63. The van der Waals surface area contributed by atoms with Gasteiger partial charge < -0.3 is 79.1 Å². The molecule has 9 N–H and O–H groups in total. The molecular formula is C34H41NO17. The average Bonchev–Trinajstić information content (AvgIpc) is 3.16. The normalized spacial score (nSPS) is 37.2. The Balaban J connectivity index is 1.09. The van der Waals surface area contributed by atoms with Crippen molar-refractivity contribution in [3.63, 3.8) is 0 Å². The Morgan fingerprint density at radius 2 is 1.40 bits per heavy atom. The number of ether oxygens (including phenoxy) is 7. The Kier molecular flexibility index (Phi) is 13.7. The highest BCUT2D eigenvalue weighted by atomic mass is 16.7. The zero-order valence-electron chi connectivity index (χ0n) is 27.4. The molecule has 52 heavy (non-hydrogen) atoms. The number of esters is 1. The van der Waals surface area contributed by atoms with Crippen molar-refractivity contribution in [1.82, 2.24) is 0 Å². The molecule has 3 aliphatic rings. The average molecular weight is 736 g/mol. The van der Waals surface area contributed by atoms with Gasteiger partial charge in [0, 0.05) is 6.08 Å². The van der Waals surface area contributed by atoms with Crippen molar-refractivity contribution in [2.75, 3.05) is 19.8 Å². The number of aliphatic hydroxyl groups is 9. The van der Waals surface area contributed by atoms with Crippen LogP contribution in [-0.2, 0) is 33.2 Å². The fourth-order valence-electron chi connectivity index (χ4n) is 5.63. The van der Waals surface area contributed by atoms with Gasteiger partial charge in [-0.15, -0.1) is 0 Å². The van der Waals surface area contributed by atoms with Crippen LogP contribution < -0.4 is 4.74 Å². The third-order valence-electron chi connectivity index (χ3n) is 8.68. The van der Waals surface area contributed by atoms with Crippen LogP contribution in [-0.4, -0.2) is 158 Å². The van der Waals surface area contributed by atoms with Crippen molar-refractivity contribution >= 4 is 12.0 Å². The highest BCUT2D eigenvalue weighted by Crippen LogP contribution is 2.29. The molecule has 0 aromatic heterocycles. The summed E-state index contributed by atoms with van der Waals surface area (Å²) in [6.07, 6.45) is -20.1. The highest BCUT2D eigenvalue weighted by molar-refractivity contribution is 5.87. The third-order valence-corrected chi connectivity index (χ3v) is 8.68. The van der Waals surface area contributed by atoms with Gasteiger partial charge in [0.15, 0.2) is 24.8 Å². The lowest BCUT2D eigenvalue weighted by Gasteiger charge is -2.42. The van der Waals surface area contributed by atoms with Crippen LogP contribution in [0.2, 0.25) is 0 Å². The molecule has 0 bridgehead atoms. The van der Waals surface area contributed by atoms with Crippen molar-refractivity contribution < 1.29 is 83.9 Å². The largest absolute Gasteiger partial charge is 0.462 e. The van der Waals surface area contributed by atoms with Gasteiger partial charge in [-0.2, -0.15) is 5.26 Å². The summed E-state index contributed by atoms with van der Waals surface area (Å²) in [5.74, 6) is -0.677. The second-order valence-electron chi connectivity index (χ2n) is 12.3. The van der Waals surface area contributed by atoms with Gasteiger partial charge >= 0.3 is 5.97 Å². The van der Waals surface area contributed by atoms with Gasteiger partial charge in [0.25, 0.3) is 0 Å². The summed E-state index contributed by atoms with van der Waals surface area (Å²) >= 11 is 0. The Labute approximate surface area is 296 Å². The number of aliphatic hydroxyl groups excluding tert-OH is 9. The number of hydrogen-bond acceptors (Lipinski definition) is 18. The molecule has 0 radical (unpaired) electrons. The van der Waals surface area contributed by atoms with Gasteiger partial charge in [-0.1, -0.05) is 42.5 Å². The first-order chi connectivity index (χ1) is 24.9. The standard InChI is InChI=1S/C34H41NO17/c35-12-19(17-4-2-1-3-5-17)50-34-31(45)28(42)25(39)22(52-34)15-47-32-29(43)26(40)21(14-46-32)49-23(37)11-8-16-6-9-18(10-7-16)48-33-30(44)27(41)24(38)20(13-36)51-33/h1-11,19-22,24-34,36,38-45H,13-15H2/b11-8-/t19-,20-,21+,22+,24+,25+,26-,27-,28-,29+,30+,31+,32+,33+,34-/m0/s1. The minimum Gasteiger partial charge on any atom is -0.462 e. The molecule has 3 heterocycles. The summed E-state index contributed by atoms with van der Waals surface area (Å²) in [4.78, 5) is 12.5. The molecule has 3 saturated heterocycles. The summed E-state index contributed by atoms with van der Waals surface area (Å²) in [5, 5.41) is 101. The lowest BCUT2D eigenvalue weighted by Crippen LogP contribution is -2.60. The Hall–Kier alpha value is -3.62. The maximum absolute atomic E-state index is 12.5. The lowest BCUT2D eigenvalue weighted by molar-refractivity contribution is -0.325. The zero-order chi connectivity index (χ0) is 37.5. The molecule has 18 heteroatoms. The Morgan fingerprint density at radius 1 is 0.788 bits per heavy atom. The van der Waals surface area contributed by atoms with Crippen molar-refractivity contribution in [3.8, 4) is 11.8 Å². The highest BCUT2D eigenvalue weighted by Gasteiger charge is 2.47. The van der Waals surface area contributed by atoms with E-state index >= 15 is 0 Å². The SMILES string of the molecule is N#C[C@H](O[C@H]1O[C@H](CO[C@H]2OC[C@@H](OC(=O)/C=C\c3ccc(O[C@@H]4O[C@@H](CO)[C@@H](O)[C@H](O)[C@H]4O)cc3)[C@H](O)[C@H]2O)[C@@H](O)[C@H](O)[C@H]1O)c1ccccc1. The fraction of sp³-hybridized carbons (Fsp3) is 0.529. The van der Waals surface area contributed by atoms with Gasteiger partial charge in [-0.3, -0.25) is 0 Å². The molecule has 0 unspecified atom stereocenters. The lowest BCUT2D eigenvalue weighted by atomic mass is 9.99. The van der Waals surface area contributed by atoms with Crippen molar-refractivity contribution in [2.45, 2.75) is 92.1 Å². The van der Waals surface area contributed by atoms with E-state index in [2.05, 4.69) is 0 Å². The number of rotatable bonds is 12. The van der Waals surface area contributed by atoms with E-state index in [1.165, 1.54) is 18.2 Å². The van der Waals surface area contributed by atoms with Gasteiger partial charge in [0.05, 0.1) is 25.9 Å². The van der Waals surface area contributed by atoms with Crippen LogP contribution in [0, 0.1) is 11.3 Å². The molecule has 0 saturated carbocycles. The Bertz CT molecular complexity index is 1510. The van der Waals surface area contributed by atoms with E-state index in [-0.39, 0.29) is 5.75 Å². The predicted molar refractivity (Wildman–Crippen MR) is 170 cm³/mol. The summed E-state index contributed by atoms with van der Waals surface area (Å²) in [7, 11) is 0. The van der Waals surface area contributed by atoms with Gasteiger partial charge in [-0.05, 0) is 29.3 Å². The third kappa shape index (κ3) is 9.29. The van der Waals surface area contributed by atoms with Crippen molar-refractivity contribution in [1.29, 1.82) is 5.26 Å². The van der Waals surface area contributed by atoms with Crippen molar-refractivity contribution in [2.24, 2.45) is 0 Å². The molecule has 2 aromatic rings. The first-order valence-electron chi connectivity index (χ1n) is 16.3. The molecule has 15 atom stereocenters. The van der Waals surface area contributed by atoms with E-state index in [9.17, 15) is 56.0 Å². The first-order valence-corrected chi connectivity index (χ1v) is 16.3. The number of hydrogen-bond donors (Lipinski definition) is 9. The smallest absolute Gasteiger partial charge is 0.331 e. The number of carbonyl (C=O) groups excluding carboxylic acids is 1. The number of benzene rings is 2. The van der Waals surface area contributed by atoms with Crippen LogP contribution in [0.25, 0.3) is 6.08 Å². The minimum atomic E-state index is -1.75. The molecule has 5 rings (SSSR count). The first kappa shape index (κ1) is 39.6. The molecule has 0 amide bonds. The van der Waals surface area contributed by atoms with E-state index in [1.807, 2.05) is 6.07 Å². The summed E-state index contributed by atoms with van der Waals surface area (Å²) in [6.45, 7) is -1.52. The van der Waals surface area contributed by atoms with Crippen LogP contribution in [0.5, 0.6) is 5.75 Å². The van der Waals surface area contributed by atoms with Gasteiger partial charge in [0.1, 0.15) is 66.8 Å². The van der Waals surface area contributed by atoms with Gasteiger partial charge in [0.2, 0.25) is 6.29 Å². The Morgan fingerprint density at radius 3 is 2.06 bits per heavy atom. The van der Waals surface area contributed by atoms with E-state index in [1.54, 1.807) is 42.5 Å². The van der Waals surface area contributed by atoms with E-state index in [0.29, 0.717) is 11.1 Å². The van der Waals surface area contributed by atoms with Crippen LogP contribution >= 0.6 is 0 Å². The minimum absolute atomic E-state index is 0.208. The van der Waals surface area contributed by atoms with Gasteiger partial charge in [-0.25, -0.2) is 4.79 Å². The molecule has 3 fully saturated rings. The molecular weight excluding hydrogens is 694 g/mol. The second kappa shape index (κ2) is 17.9. The maximum atomic E-state index is 12.5. The quantitative estimate of drug-likeness (QED) is 0.0774. The monoisotopic (exact) mass is 735 g/mol. The molecule has 284 valence electrons. The van der Waals surface area contributed by atoms with Crippen molar-refractivity contribution in [3.05, 3.63) is 71.8 Å². The summed E-state index contributed by atoms with van der Waals surface area (Å²) in [5.41, 5.74) is 0.970. The van der Waals surface area contributed by atoms with E-state index in [0.717, 1.165) is 6.08 Å².